The maximum Gasteiger partial charge on any atom is 0.361 e. The Morgan fingerprint density at radius 1 is 0.549 bits per heavy atom. The molecule has 3 aliphatic heterocycles. The zero-order valence-corrected chi connectivity index (χ0v) is 46.4. The summed E-state index contributed by atoms with van der Waals surface area (Å²) in [5.41, 5.74) is 10.5. The van der Waals surface area contributed by atoms with Crippen molar-refractivity contribution in [1.29, 1.82) is 0 Å². The van der Waals surface area contributed by atoms with E-state index in [2.05, 4.69) is 91.0 Å². The Morgan fingerprint density at radius 2 is 1.01 bits per heavy atom. The monoisotopic (exact) mass is 1100 g/mol. The minimum Gasteiger partial charge on any atom is -0.497 e. The van der Waals surface area contributed by atoms with Gasteiger partial charge in [-0.25, -0.2) is 23.9 Å². The lowest BCUT2D eigenvalue weighted by Gasteiger charge is -2.29. The predicted octanol–water partition coefficient (Wildman–Crippen LogP) is 10.4. The van der Waals surface area contributed by atoms with E-state index < -0.39 is 11.9 Å². The number of anilines is 2. The Labute approximate surface area is 475 Å². The fourth-order valence-electron chi connectivity index (χ4n) is 10.9. The van der Waals surface area contributed by atoms with Crippen LogP contribution in [-0.2, 0) is 22.6 Å². The summed E-state index contributed by atoms with van der Waals surface area (Å²) in [6, 6.07) is 47.1. The minimum absolute atomic E-state index is 0.00752. The summed E-state index contributed by atoms with van der Waals surface area (Å²) < 4.78 is 25.4. The van der Waals surface area contributed by atoms with E-state index in [1.165, 1.54) is 68.2 Å². The Kier molecular flexibility index (Phi) is 16.3. The molecule has 0 unspecified atom stereocenters. The van der Waals surface area contributed by atoms with Crippen molar-refractivity contribution >= 4 is 40.3 Å². The first-order valence-electron chi connectivity index (χ1n) is 27.8. The second-order valence-electron chi connectivity index (χ2n) is 20.1. The molecule has 1 N–H and O–H groups in total. The molecule has 2 fully saturated rings. The highest BCUT2D eigenvalue weighted by Gasteiger charge is 2.36. The highest BCUT2D eigenvalue weighted by Crippen LogP contribution is 2.35. The molecule has 2 saturated heterocycles. The molecular weight excluding hydrogens is 1040 g/mol. The Morgan fingerprint density at radius 3 is 1.52 bits per heavy atom. The van der Waals surface area contributed by atoms with Crippen LogP contribution in [0.3, 0.4) is 0 Å². The molecule has 6 aromatic carbocycles. The maximum atomic E-state index is 14.0. The van der Waals surface area contributed by atoms with Crippen molar-refractivity contribution in [3.63, 3.8) is 0 Å². The van der Waals surface area contributed by atoms with Gasteiger partial charge < -0.3 is 24.3 Å². The molecule has 0 radical (unpaired) electrons. The van der Waals surface area contributed by atoms with E-state index in [9.17, 15) is 19.2 Å². The molecule has 3 aliphatic rings. The summed E-state index contributed by atoms with van der Waals surface area (Å²) in [5.74, 6) is -0.144. The molecule has 0 bridgehead atoms. The van der Waals surface area contributed by atoms with Gasteiger partial charge in [-0.05, 0) is 172 Å². The standard InChI is InChI=1S/C32H33N5O4.C32H31N5O4/c2*1-3-41-32(39)29-28-30(37(34-29)25-14-16-26(40-2)17-15-25)31(38)36(21-33-28)24-12-10-22(11-13-24)27-9-5-4-8-23(27)20-35-18-6-7-19-35/h4-5,8-17,33H,3,6-7,18-21H2,1-2H3;4-5,8-17,21H,3,6-7,18-20H2,1-2H3. The Hall–Kier alpha value is -9.39. The van der Waals surface area contributed by atoms with Gasteiger partial charge in [0.1, 0.15) is 29.0 Å². The first-order valence-corrected chi connectivity index (χ1v) is 27.8. The van der Waals surface area contributed by atoms with Crippen LogP contribution in [0, 0.1) is 0 Å². The highest BCUT2D eigenvalue weighted by atomic mass is 16.5. The second-order valence-corrected chi connectivity index (χ2v) is 20.1. The summed E-state index contributed by atoms with van der Waals surface area (Å²) in [7, 11) is 3.17. The third kappa shape index (κ3) is 11.2. The van der Waals surface area contributed by atoms with Crippen molar-refractivity contribution in [3.05, 3.63) is 190 Å². The number of hydrogen-bond donors (Lipinski definition) is 1. The lowest BCUT2D eigenvalue weighted by Crippen LogP contribution is -2.41. The fourth-order valence-corrected chi connectivity index (χ4v) is 10.9. The van der Waals surface area contributed by atoms with E-state index in [-0.39, 0.29) is 59.5 Å². The summed E-state index contributed by atoms with van der Waals surface area (Å²) >= 11 is 0. The van der Waals surface area contributed by atoms with Crippen LogP contribution in [0.1, 0.15) is 82.1 Å². The predicted molar refractivity (Wildman–Crippen MR) is 315 cm³/mol. The summed E-state index contributed by atoms with van der Waals surface area (Å²) in [6.07, 6.45) is 6.46. The average molecular weight is 1100 g/mol. The smallest absolute Gasteiger partial charge is 0.361 e. The number of benzene rings is 6. The number of likely N-dealkylation sites (tertiary alicyclic amines) is 2. The van der Waals surface area contributed by atoms with E-state index >= 15 is 0 Å². The van der Waals surface area contributed by atoms with Gasteiger partial charge >= 0.3 is 11.9 Å². The molecule has 12 rings (SSSR count). The quantitative estimate of drug-likeness (QED) is 0.0903. The molecule has 0 saturated carbocycles. The van der Waals surface area contributed by atoms with Crippen molar-refractivity contribution in [3.8, 4) is 50.8 Å². The Bertz CT molecular complexity index is 3810. The second kappa shape index (κ2) is 24.5. The molecule has 0 atom stereocenters. The number of ether oxygens (including phenoxy) is 4. The molecule has 0 aliphatic carbocycles. The molecule has 18 nitrogen and oxygen atoms in total. The number of esters is 2. The summed E-state index contributed by atoms with van der Waals surface area (Å²) in [6.45, 7) is 10.5. The van der Waals surface area contributed by atoms with Crippen molar-refractivity contribution in [1.82, 2.24) is 38.9 Å². The van der Waals surface area contributed by atoms with Crippen LogP contribution in [0.2, 0.25) is 0 Å². The van der Waals surface area contributed by atoms with Gasteiger partial charge in [0, 0.05) is 18.8 Å². The normalized spacial score (nSPS) is 14.2. The number of amides is 1. The summed E-state index contributed by atoms with van der Waals surface area (Å²) in [5, 5.41) is 12.2. The molecule has 1 amide bonds. The van der Waals surface area contributed by atoms with Gasteiger partial charge in [0.05, 0.1) is 51.2 Å². The number of carbonyl (C=O) groups excluding carboxylic acids is 3. The minimum atomic E-state index is -0.633. The molecule has 9 aromatic rings. The highest BCUT2D eigenvalue weighted by molar-refractivity contribution is 6.13. The van der Waals surface area contributed by atoms with E-state index in [0.717, 1.165) is 56.1 Å². The van der Waals surface area contributed by atoms with Gasteiger partial charge in [0.25, 0.3) is 11.5 Å². The van der Waals surface area contributed by atoms with Gasteiger partial charge in [0.2, 0.25) is 0 Å². The molecule has 0 spiro atoms. The van der Waals surface area contributed by atoms with Gasteiger partial charge in [-0.3, -0.25) is 28.9 Å². The van der Waals surface area contributed by atoms with E-state index in [1.54, 1.807) is 81.5 Å². The van der Waals surface area contributed by atoms with Crippen LogP contribution in [-0.4, -0.2) is 117 Å². The molecule has 82 heavy (non-hydrogen) atoms. The number of rotatable bonds is 16. The van der Waals surface area contributed by atoms with Crippen molar-refractivity contribution in [2.75, 3.05) is 70.5 Å². The topological polar surface area (TPSA) is 180 Å². The zero-order chi connectivity index (χ0) is 56.7. The molecule has 18 heteroatoms. The SMILES string of the molecule is CCOC(=O)c1nn(-c2ccc(OC)cc2)c2c(=O)n(-c3ccc(-c4ccccc4CN4CCCC4)cc3)cnc12.CCOC(=O)c1nn(-c2ccc(OC)cc2)c2c1NCN(c1ccc(-c3ccccc3CN3CCCC3)cc1)C2=O. The number of hydrogen-bond acceptors (Lipinski definition) is 14. The number of fused-ring (bicyclic) bond motifs is 2. The third-order valence-electron chi connectivity index (χ3n) is 15.1. The van der Waals surface area contributed by atoms with Crippen LogP contribution in [0.5, 0.6) is 11.5 Å². The number of nitrogens with one attached hydrogen (secondary N) is 1. The van der Waals surface area contributed by atoms with Crippen LogP contribution in [0.15, 0.2) is 157 Å². The third-order valence-corrected chi connectivity index (χ3v) is 15.1. The molecule has 418 valence electrons. The lowest BCUT2D eigenvalue weighted by molar-refractivity contribution is 0.0511. The van der Waals surface area contributed by atoms with Gasteiger partial charge in [0.15, 0.2) is 22.6 Å². The lowest BCUT2D eigenvalue weighted by atomic mass is 9.99. The largest absolute Gasteiger partial charge is 0.497 e. The van der Waals surface area contributed by atoms with Crippen LogP contribution in [0.4, 0.5) is 11.4 Å². The van der Waals surface area contributed by atoms with E-state index in [4.69, 9.17) is 18.9 Å². The average Bonchev–Trinajstić information content (AvgIpc) is 4.29. The first kappa shape index (κ1) is 54.6. The van der Waals surface area contributed by atoms with Crippen LogP contribution < -0.4 is 25.2 Å². The summed E-state index contributed by atoms with van der Waals surface area (Å²) in [4.78, 5) is 64.5. The molecular formula is C64H64N10O8. The van der Waals surface area contributed by atoms with Crippen LogP contribution in [0.25, 0.3) is 50.3 Å². The van der Waals surface area contributed by atoms with Gasteiger partial charge in [-0.15, -0.1) is 0 Å². The van der Waals surface area contributed by atoms with E-state index in [1.807, 2.05) is 36.4 Å². The molecule has 3 aromatic heterocycles. The molecule has 6 heterocycles. The number of methoxy groups -OCH3 is 2. The van der Waals surface area contributed by atoms with Gasteiger partial charge in [-0.1, -0.05) is 72.8 Å². The van der Waals surface area contributed by atoms with Crippen molar-refractivity contribution in [2.24, 2.45) is 0 Å². The van der Waals surface area contributed by atoms with Crippen molar-refractivity contribution in [2.45, 2.75) is 52.6 Å². The Balaban J connectivity index is 0.000000172. The number of aromatic nitrogens is 6. The zero-order valence-electron chi connectivity index (χ0n) is 46.4. The number of nitrogens with zero attached hydrogens (tertiary/aromatic N) is 9. The number of carbonyl (C=O) groups is 3. The van der Waals surface area contributed by atoms with E-state index in [0.29, 0.717) is 34.2 Å². The fraction of sp³-hybridized carbons (Fsp3) is 0.266. The first-order chi connectivity index (χ1) is 40.1. The van der Waals surface area contributed by atoms with Crippen molar-refractivity contribution < 1.29 is 33.3 Å². The van der Waals surface area contributed by atoms with Gasteiger partial charge in [-0.2, -0.15) is 10.2 Å². The maximum absolute atomic E-state index is 14.0. The van der Waals surface area contributed by atoms with Crippen LogP contribution >= 0.6 is 0 Å².